The molecule has 1 heterocycles. The summed E-state index contributed by atoms with van der Waals surface area (Å²) in [7, 11) is 0. The van der Waals surface area contributed by atoms with Crippen molar-refractivity contribution in [2.75, 3.05) is 0 Å². The molecule has 3 nitrogen and oxygen atoms in total. The van der Waals surface area contributed by atoms with Gasteiger partial charge in [0.25, 0.3) is 5.56 Å². The summed E-state index contributed by atoms with van der Waals surface area (Å²) >= 11 is 0. The van der Waals surface area contributed by atoms with Crippen molar-refractivity contribution < 1.29 is 22.3 Å². The van der Waals surface area contributed by atoms with E-state index in [4.69, 9.17) is 0 Å². The van der Waals surface area contributed by atoms with Crippen molar-refractivity contribution in [1.82, 2.24) is 4.57 Å². The molecule has 28 heavy (non-hydrogen) atoms. The van der Waals surface area contributed by atoms with Crippen LogP contribution in [0.2, 0.25) is 0 Å². The van der Waals surface area contributed by atoms with Gasteiger partial charge in [-0.15, -0.1) is 13.2 Å². The largest absolute Gasteiger partial charge is 0.573 e. The summed E-state index contributed by atoms with van der Waals surface area (Å²) in [5.41, 5.74) is 0.611. The van der Waals surface area contributed by atoms with Gasteiger partial charge in [0.15, 0.2) is 0 Å². The van der Waals surface area contributed by atoms with Gasteiger partial charge < -0.3 is 4.74 Å². The van der Waals surface area contributed by atoms with E-state index in [1.165, 1.54) is 35.8 Å². The summed E-state index contributed by atoms with van der Waals surface area (Å²) in [5.74, 6) is -0.631. The monoisotopic (exact) mass is 393 g/mol. The highest BCUT2D eigenvalue weighted by Gasteiger charge is 2.43. The fraction of sp³-hybridized carbons (Fsp3) is 0.286. The van der Waals surface area contributed by atoms with Gasteiger partial charge >= 0.3 is 6.36 Å². The highest BCUT2D eigenvalue weighted by molar-refractivity contribution is 5.56. The van der Waals surface area contributed by atoms with E-state index in [0.29, 0.717) is 11.3 Å². The maximum Gasteiger partial charge on any atom is 0.573 e. The third-order valence-corrected chi connectivity index (χ3v) is 5.20. The van der Waals surface area contributed by atoms with Crippen LogP contribution in [-0.4, -0.2) is 17.1 Å². The lowest BCUT2D eigenvalue weighted by atomic mass is 9.62. The summed E-state index contributed by atoms with van der Waals surface area (Å²) in [4.78, 5) is 12.5. The van der Waals surface area contributed by atoms with Crippen molar-refractivity contribution in [2.45, 2.75) is 32.3 Å². The minimum atomic E-state index is -4.79. The van der Waals surface area contributed by atoms with E-state index in [1.807, 2.05) is 6.08 Å². The van der Waals surface area contributed by atoms with Crippen LogP contribution >= 0.6 is 0 Å². The van der Waals surface area contributed by atoms with Crippen molar-refractivity contribution in [3.8, 4) is 11.4 Å². The van der Waals surface area contributed by atoms with Crippen LogP contribution in [0, 0.1) is 5.41 Å². The summed E-state index contributed by atoms with van der Waals surface area (Å²) < 4.78 is 56.2. The fourth-order valence-corrected chi connectivity index (χ4v) is 3.32. The Morgan fingerprint density at radius 2 is 1.93 bits per heavy atom. The second-order valence-electron chi connectivity index (χ2n) is 6.96. The molecule has 3 atom stereocenters. The average molecular weight is 393 g/mol. The maximum atomic E-state index is 14.1. The number of allylic oxidation sites excluding steroid dienone is 2. The standard InChI is InChI=1S/C21H19F4NO2/c1-4-14-11-19(27)26(12-17(14)18-9-10-20(18,3)13(2)22)15-5-7-16(8-6-15)28-21(23,24)25/h4-13,18H,1H2,2-3H3/t13-,18?,20-/m1/s1. The molecule has 148 valence electrons. The summed E-state index contributed by atoms with van der Waals surface area (Å²) in [6, 6.07) is 6.36. The topological polar surface area (TPSA) is 31.2 Å². The molecule has 0 saturated heterocycles. The molecule has 0 N–H and O–H groups in total. The Morgan fingerprint density at radius 1 is 1.29 bits per heavy atom. The lowest BCUT2D eigenvalue weighted by Gasteiger charge is -2.42. The van der Waals surface area contributed by atoms with Crippen LogP contribution in [0.25, 0.3) is 11.8 Å². The number of alkyl halides is 4. The van der Waals surface area contributed by atoms with Gasteiger partial charge in [-0.2, -0.15) is 0 Å². The van der Waals surface area contributed by atoms with E-state index in [9.17, 15) is 22.4 Å². The first-order valence-corrected chi connectivity index (χ1v) is 8.64. The molecule has 2 aromatic rings. The molecule has 1 unspecified atom stereocenters. The van der Waals surface area contributed by atoms with Gasteiger partial charge in [-0.1, -0.05) is 31.7 Å². The molecule has 1 aromatic heterocycles. The zero-order valence-electron chi connectivity index (χ0n) is 15.3. The smallest absolute Gasteiger partial charge is 0.406 e. The molecule has 7 heteroatoms. The van der Waals surface area contributed by atoms with Crippen molar-refractivity contribution in [2.24, 2.45) is 5.41 Å². The highest BCUT2D eigenvalue weighted by Crippen LogP contribution is 2.50. The summed E-state index contributed by atoms with van der Waals surface area (Å²) in [6.07, 6.45) is 0.909. The zero-order chi connectivity index (χ0) is 20.7. The SMILES string of the molecule is C=Cc1cc(=O)n(-c2ccc(OC(F)(F)F)cc2)cc1C1C=C[C@]1(C)[C@@H](C)F. The predicted molar refractivity (Wildman–Crippen MR) is 99.4 cm³/mol. The first-order chi connectivity index (χ1) is 13.0. The summed E-state index contributed by atoms with van der Waals surface area (Å²) in [5, 5.41) is 0. The Hall–Kier alpha value is -2.83. The lowest BCUT2D eigenvalue weighted by molar-refractivity contribution is -0.274. The van der Waals surface area contributed by atoms with E-state index < -0.39 is 17.9 Å². The quantitative estimate of drug-likeness (QED) is 0.503. The van der Waals surface area contributed by atoms with Crippen LogP contribution in [0.15, 0.2) is 60.1 Å². The Morgan fingerprint density at radius 3 is 2.39 bits per heavy atom. The third-order valence-electron chi connectivity index (χ3n) is 5.20. The minimum Gasteiger partial charge on any atom is -0.406 e. The van der Waals surface area contributed by atoms with Crippen LogP contribution in [0.1, 0.15) is 30.9 Å². The molecule has 1 aromatic carbocycles. The van der Waals surface area contributed by atoms with Gasteiger partial charge in [0.2, 0.25) is 0 Å². The number of ether oxygens (including phenoxy) is 1. The van der Waals surface area contributed by atoms with Crippen LogP contribution in [-0.2, 0) is 0 Å². The fourth-order valence-electron chi connectivity index (χ4n) is 3.32. The third kappa shape index (κ3) is 3.61. The van der Waals surface area contributed by atoms with Gasteiger partial charge in [0.05, 0.1) is 0 Å². The first-order valence-electron chi connectivity index (χ1n) is 8.64. The van der Waals surface area contributed by atoms with Crippen LogP contribution in [0.5, 0.6) is 5.75 Å². The van der Waals surface area contributed by atoms with Gasteiger partial charge in [-0.3, -0.25) is 9.36 Å². The summed E-state index contributed by atoms with van der Waals surface area (Å²) in [6.45, 7) is 7.01. The Bertz CT molecular complexity index is 973. The Labute approximate surface area is 159 Å². The number of halogens is 4. The zero-order valence-corrected chi connectivity index (χ0v) is 15.3. The Kier molecular flexibility index (Phi) is 4.95. The van der Waals surface area contributed by atoms with Gasteiger partial charge in [0.1, 0.15) is 11.9 Å². The predicted octanol–water partition coefficient (Wildman–Crippen LogP) is 5.40. The van der Waals surface area contributed by atoms with E-state index in [1.54, 1.807) is 19.2 Å². The molecular formula is C21H19F4NO2. The first kappa shape index (κ1) is 19.9. The molecule has 0 bridgehead atoms. The van der Waals surface area contributed by atoms with E-state index >= 15 is 0 Å². The van der Waals surface area contributed by atoms with Gasteiger partial charge in [0, 0.05) is 29.3 Å². The van der Waals surface area contributed by atoms with Crippen molar-refractivity contribution in [3.63, 3.8) is 0 Å². The number of hydrogen-bond donors (Lipinski definition) is 0. The Balaban J connectivity index is 2.03. The number of hydrogen-bond acceptors (Lipinski definition) is 2. The number of pyridine rings is 1. The number of rotatable bonds is 5. The number of aromatic nitrogens is 1. The van der Waals surface area contributed by atoms with Crippen molar-refractivity contribution in [3.05, 3.63) is 76.7 Å². The minimum absolute atomic E-state index is 0.250. The number of nitrogens with zero attached hydrogens (tertiary/aromatic N) is 1. The molecule has 0 fully saturated rings. The van der Waals surface area contributed by atoms with E-state index in [-0.39, 0.29) is 17.2 Å². The molecule has 1 aliphatic carbocycles. The molecule has 0 aliphatic heterocycles. The van der Waals surface area contributed by atoms with Gasteiger partial charge in [-0.25, -0.2) is 4.39 Å². The van der Waals surface area contributed by atoms with Crippen LogP contribution in [0.4, 0.5) is 17.6 Å². The molecule has 0 amide bonds. The number of benzene rings is 1. The van der Waals surface area contributed by atoms with Gasteiger partial charge in [-0.05, 0) is 42.3 Å². The van der Waals surface area contributed by atoms with Crippen molar-refractivity contribution >= 4 is 6.08 Å². The second-order valence-corrected chi connectivity index (χ2v) is 6.96. The molecule has 0 radical (unpaired) electrons. The van der Waals surface area contributed by atoms with E-state index in [0.717, 1.165) is 17.7 Å². The molecule has 3 rings (SSSR count). The maximum absolute atomic E-state index is 14.1. The normalized spacial score (nSPS) is 22.4. The highest BCUT2D eigenvalue weighted by atomic mass is 19.4. The lowest BCUT2D eigenvalue weighted by Crippen LogP contribution is -2.38. The van der Waals surface area contributed by atoms with E-state index in [2.05, 4.69) is 11.3 Å². The molecule has 0 spiro atoms. The average Bonchev–Trinajstić information content (AvgIpc) is 2.60. The van der Waals surface area contributed by atoms with Crippen molar-refractivity contribution in [1.29, 1.82) is 0 Å². The molecule has 0 saturated carbocycles. The van der Waals surface area contributed by atoms with Crippen LogP contribution in [0.3, 0.4) is 0 Å². The van der Waals surface area contributed by atoms with Crippen LogP contribution < -0.4 is 10.3 Å². The second kappa shape index (κ2) is 6.96. The molecular weight excluding hydrogens is 374 g/mol. The molecule has 1 aliphatic rings.